The predicted molar refractivity (Wildman–Crippen MR) is 35.8 cm³/mol. The van der Waals surface area contributed by atoms with E-state index in [9.17, 15) is 4.79 Å². The topological polar surface area (TPSA) is 52.3 Å². The van der Waals surface area contributed by atoms with Crippen LogP contribution < -0.4 is 5.73 Å². The first-order valence-electron chi connectivity index (χ1n) is 2.37. The van der Waals surface area contributed by atoms with E-state index < -0.39 is 9.89 Å². The molecule has 54 valence electrons. The first-order chi connectivity index (χ1) is 4.45. The van der Waals surface area contributed by atoms with Gasteiger partial charge in [-0.2, -0.15) is 0 Å². The molecule has 0 saturated heterocycles. The Kier molecular flexibility index (Phi) is 2.69. The van der Waals surface area contributed by atoms with Crippen molar-refractivity contribution < 1.29 is 10.9 Å². The van der Waals surface area contributed by atoms with Crippen molar-refractivity contribution in [2.45, 2.75) is 3.79 Å². The van der Waals surface area contributed by atoms with Gasteiger partial charge in [0.1, 0.15) is 6.61 Å². The highest BCUT2D eigenvalue weighted by Gasteiger charge is 2.20. The van der Waals surface area contributed by atoms with Crippen LogP contribution in [0.2, 0.25) is 1.41 Å². The highest BCUT2D eigenvalue weighted by Crippen LogP contribution is 2.25. The van der Waals surface area contributed by atoms with E-state index in [1.165, 1.54) is 5.73 Å². The molecule has 0 spiro atoms. The van der Waals surface area contributed by atoms with Crippen LogP contribution in [0, 0.1) is 0 Å². The van der Waals surface area contributed by atoms with E-state index in [4.69, 9.17) is 36.2 Å². The Labute approximate surface area is 68.5 Å². The Morgan fingerprint density at radius 1 is 1.78 bits per heavy atom. The van der Waals surface area contributed by atoms with Crippen molar-refractivity contribution in [2.75, 3.05) is 6.61 Å². The van der Waals surface area contributed by atoms with Gasteiger partial charge in [-0.05, 0) is 0 Å². The summed E-state index contributed by atoms with van der Waals surface area (Å²) >= 11 is 15.6. The fraction of sp³-hybridized carbons (Fsp3) is 0.667. The lowest BCUT2D eigenvalue weighted by Gasteiger charge is -2.08. The number of hydrogen-bond donors (Lipinski definition) is 1. The Hall–Kier alpha value is 0.140. The van der Waals surface area contributed by atoms with Crippen molar-refractivity contribution in [3.05, 3.63) is 0 Å². The number of ether oxygens (including phenoxy) is 1. The van der Waals surface area contributed by atoms with Crippen LogP contribution in [0.3, 0.4) is 0 Å². The highest BCUT2D eigenvalue weighted by atomic mass is 35.6. The molecule has 0 rings (SSSR count). The van der Waals surface area contributed by atoms with Gasteiger partial charge in [-0.15, -0.1) is 0 Å². The lowest BCUT2D eigenvalue weighted by atomic mass is 10.8. The maximum atomic E-state index is 10.2. The number of alkyl halides is 3. The van der Waals surface area contributed by atoms with Crippen molar-refractivity contribution in [2.24, 2.45) is 5.73 Å². The van der Waals surface area contributed by atoms with Gasteiger partial charge < -0.3 is 10.5 Å². The van der Waals surface area contributed by atoms with Crippen LogP contribution in [-0.2, 0) is 4.74 Å². The number of carbonyl (C=O) groups excluding carboxylic acids is 1. The molecule has 6 heteroatoms. The number of carbonyl (C=O) groups is 1. The van der Waals surface area contributed by atoms with Gasteiger partial charge in [0.05, 0.1) is 0 Å². The minimum atomic E-state index is -1.62. The molecule has 2 N–H and O–H groups in total. The SMILES string of the molecule is [2H]NC(=O)OCC(Cl)(Cl)Cl. The third-order valence-corrected chi connectivity index (χ3v) is 0.694. The van der Waals surface area contributed by atoms with Crippen LogP contribution in [0.25, 0.3) is 0 Å². The summed E-state index contributed by atoms with van der Waals surface area (Å²) in [6.45, 7) is -0.373. The summed E-state index contributed by atoms with van der Waals surface area (Å²) in [5.41, 5.74) is 1.45. The normalized spacial score (nSPS) is 12.1. The van der Waals surface area contributed by atoms with Crippen molar-refractivity contribution in [3.8, 4) is 0 Å². The van der Waals surface area contributed by atoms with Crippen molar-refractivity contribution in [3.63, 3.8) is 0 Å². The van der Waals surface area contributed by atoms with E-state index in [1.807, 2.05) is 0 Å². The molecule has 1 amide bonds. The fourth-order valence-electron chi connectivity index (χ4n) is 0.147. The minimum absolute atomic E-state index is 0.373. The lowest BCUT2D eigenvalue weighted by Crippen LogP contribution is -2.21. The maximum Gasteiger partial charge on any atom is 0.404 e. The lowest BCUT2D eigenvalue weighted by molar-refractivity contribution is 0.159. The second-order valence-electron chi connectivity index (χ2n) is 1.19. The average Bonchev–Trinajstić information content (AvgIpc) is 1.81. The zero-order valence-corrected chi connectivity index (χ0v) is 6.43. The summed E-state index contributed by atoms with van der Waals surface area (Å²) in [5.74, 6) is 0. The average molecular weight is 193 g/mol. The van der Waals surface area contributed by atoms with Crippen molar-refractivity contribution in [1.29, 1.82) is 0 Å². The summed E-state index contributed by atoms with van der Waals surface area (Å²) in [6.07, 6.45) is -0.952. The Morgan fingerprint density at radius 2 is 2.33 bits per heavy atom. The Morgan fingerprint density at radius 3 is 2.67 bits per heavy atom. The van der Waals surface area contributed by atoms with E-state index >= 15 is 0 Å². The molecule has 0 aliphatic carbocycles. The summed E-state index contributed by atoms with van der Waals surface area (Å²) in [5, 5.41) is 0. The molecule has 0 saturated carbocycles. The van der Waals surface area contributed by atoms with Crippen LogP contribution in [0.1, 0.15) is 0 Å². The van der Waals surface area contributed by atoms with Gasteiger partial charge in [0, 0.05) is 0 Å². The largest absolute Gasteiger partial charge is 0.445 e. The zero-order chi connectivity index (χ0) is 8.20. The van der Waals surface area contributed by atoms with Gasteiger partial charge in [0.2, 0.25) is 3.79 Å². The molecule has 0 atom stereocenters. The number of halogens is 3. The fourth-order valence-corrected chi connectivity index (χ4v) is 0.311. The molecule has 0 aliphatic heterocycles. The Bertz CT molecular complexity index is 125. The number of nitrogens with two attached hydrogens (primary N) is 1. The molecular weight excluding hydrogens is 188 g/mol. The number of hydrogen-bond acceptors (Lipinski definition) is 2. The molecule has 0 fully saturated rings. The van der Waals surface area contributed by atoms with Crippen molar-refractivity contribution in [1.82, 2.24) is 0 Å². The summed E-state index contributed by atoms with van der Waals surface area (Å²) in [6, 6.07) is 0. The van der Waals surface area contributed by atoms with Gasteiger partial charge >= 0.3 is 6.09 Å². The van der Waals surface area contributed by atoms with E-state index in [0.717, 1.165) is 0 Å². The molecule has 0 aromatic rings. The maximum absolute atomic E-state index is 10.2. The standard InChI is InChI=1S/C3H4Cl3NO2/c4-3(5,6)1-9-2(7)8/h1H2,(H2,7,8)/i/hD. The van der Waals surface area contributed by atoms with Gasteiger partial charge in [-0.3, -0.25) is 0 Å². The minimum Gasteiger partial charge on any atom is -0.445 e. The Balaban J connectivity index is 3.46. The predicted octanol–water partition coefficient (Wildman–Crippen LogP) is 1.45. The number of rotatable bonds is 1. The third-order valence-electron chi connectivity index (χ3n) is 0.367. The number of primary amides is 1. The molecule has 0 aromatic carbocycles. The van der Waals surface area contributed by atoms with E-state index in [2.05, 4.69) is 4.74 Å². The van der Waals surface area contributed by atoms with Crippen LogP contribution in [-0.4, -0.2) is 16.5 Å². The smallest absolute Gasteiger partial charge is 0.404 e. The second kappa shape index (κ2) is 3.34. The molecule has 0 aliphatic rings. The van der Waals surface area contributed by atoms with Crippen LogP contribution >= 0.6 is 34.8 Å². The molecule has 0 aromatic heterocycles. The molecule has 0 radical (unpaired) electrons. The molecule has 9 heavy (non-hydrogen) atoms. The third kappa shape index (κ3) is 8.14. The van der Waals surface area contributed by atoms with E-state index in [1.54, 1.807) is 0 Å². The molecule has 0 unspecified atom stereocenters. The van der Waals surface area contributed by atoms with Crippen LogP contribution in [0.4, 0.5) is 4.79 Å². The molecule has 3 nitrogen and oxygen atoms in total. The van der Waals surface area contributed by atoms with Gasteiger partial charge in [0.25, 0.3) is 0 Å². The monoisotopic (exact) mass is 192 g/mol. The molecular formula is C3H4Cl3NO2. The summed E-state index contributed by atoms with van der Waals surface area (Å²) in [7, 11) is 0. The first-order valence-corrected chi connectivity index (χ1v) is 3.00. The summed E-state index contributed by atoms with van der Waals surface area (Å²) in [4.78, 5) is 10.2. The zero-order valence-electron chi connectivity index (χ0n) is 5.16. The quantitative estimate of drug-likeness (QED) is 0.641. The van der Waals surface area contributed by atoms with Crippen molar-refractivity contribution >= 4 is 40.9 Å². The second-order valence-corrected chi connectivity index (χ2v) is 3.71. The number of amides is 1. The van der Waals surface area contributed by atoms with Gasteiger partial charge in [-0.25, -0.2) is 4.79 Å². The van der Waals surface area contributed by atoms with E-state index in [0.29, 0.717) is 0 Å². The molecule has 0 bridgehead atoms. The van der Waals surface area contributed by atoms with Crippen LogP contribution in [0.5, 0.6) is 0 Å². The summed E-state index contributed by atoms with van der Waals surface area (Å²) < 4.78 is 8.87. The highest BCUT2D eigenvalue weighted by molar-refractivity contribution is 6.67. The van der Waals surface area contributed by atoms with E-state index in [-0.39, 0.29) is 6.61 Å². The molecule has 0 heterocycles. The van der Waals surface area contributed by atoms with Gasteiger partial charge in [0.15, 0.2) is 1.41 Å². The van der Waals surface area contributed by atoms with Crippen LogP contribution in [0.15, 0.2) is 0 Å². The first kappa shape index (κ1) is 7.25. The van der Waals surface area contributed by atoms with Gasteiger partial charge in [-0.1, -0.05) is 34.8 Å².